The van der Waals surface area contributed by atoms with E-state index in [0.29, 0.717) is 11.0 Å². The molecule has 120 valence electrons. The monoisotopic (exact) mass is 311 g/mol. The Balaban J connectivity index is 2.07. The van der Waals surface area contributed by atoms with Gasteiger partial charge < -0.3 is 10.6 Å². The van der Waals surface area contributed by atoms with Crippen LogP contribution in [0.5, 0.6) is 0 Å². The van der Waals surface area contributed by atoms with Gasteiger partial charge in [-0.1, -0.05) is 45.3 Å². The number of rotatable bonds is 5. The van der Waals surface area contributed by atoms with Gasteiger partial charge in [-0.05, 0) is 32.4 Å². The zero-order valence-electron chi connectivity index (χ0n) is 13.4. The number of thiocarbonyl (C=S) groups is 1. The summed E-state index contributed by atoms with van der Waals surface area (Å²) in [5.74, 6) is 0.198. The molecule has 1 saturated heterocycles. The van der Waals surface area contributed by atoms with Gasteiger partial charge in [-0.3, -0.25) is 9.69 Å². The third-order valence-corrected chi connectivity index (χ3v) is 5.76. The predicted octanol–water partition coefficient (Wildman–Crippen LogP) is 2.17. The fraction of sp³-hybridized carbons (Fsp3) is 0.875. The van der Waals surface area contributed by atoms with Gasteiger partial charge in [0.15, 0.2) is 0 Å². The molecule has 2 aliphatic rings. The summed E-state index contributed by atoms with van der Waals surface area (Å²) in [6, 6.07) is 0.496. The first kappa shape index (κ1) is 16.7. The Morgan fingerprint density at radius 1 is 1.29 bits per heavy atom. The normalized spacial score (nSPS) is 25.3. The molecule has 0 radical (unpaired) electrons. The van der Waals surface area contributed by atoms with Crippen LogP contribution >= 0.6 is 12.2 Å². The van der Waals surface area contributed by atoms with Gasteiger partial charge in [0.25, 0.3) is 0 Å². The van der Waals surface area contributed by atoms with Crippen molar-refractivity contribution in [2.24, 2.45) is 11.1 Å². The van der Waals surface area contributed by atoms with Crippen LogP contribution in [0.2, 0.25) is 0 Å². The van der Waals surface area contributed by atoms with Gasteiger partial charge in [0.2, 0.25) is 5.91 Å². The Hall–Kier alpha value is -0.680. The first-order valence-electron chi connectivity index (χ1n) is 8.38. The molecule has 1 heterocycles. The number of nitrogens with two attached hydrogens (primary N) is 1. The van der Waals surface area contributed by atoms with E-state index in [0.717, 1.165) is 58.3 Å². The number of hydrogen-bond acceptors (Lipinski definition) is 3. The van der Waals surface area contributed by atoms with Crippen molar-refractivity contribution in [2.45, 2.75) is 58.4 Å². The fourth-order valence-corrected chi connectivity index (χ4v) is 4.28. The first-order valence-corrected chi connectivity index (χ1v) is 8.79. The van der Waals surface area contributed by atoms with E-state index in [4.69, 9.17) is 18.0 Å². The predicted molar refractivity (Wildman–Crippen MR) is 90.2 cm³/mol. The SMILES string of the molecule is CCN(CC)C1CCN(C(=O)C2(C(N)=S)CCCCC2)C1. The quantitative estimate of drug-likeness (QED) is 0.791. The van der Waals surface area contributed by atoms with E-state index >= 15 is 0 Å². The summed E-state index contributed by atoms with van der Waals surface area (Å²) in [7, 11) is 0. The maximum Gasteiger partial charge on any atom is 0.235 e. The van der Waals surface area contributed by atoms with Gasteiger partial charge in [-0.25, -0.2) is 0 Å². The average Bonchev–Trinajstić information content (AvgIpc) is 2.98. The molecular weight excluding hydrogens is 282 g/mol. The molecule has 1 aliphatic carbocycles. The Morgan fingerprint density at radius 3 is 2.43 bits per heavy atom. The molecule has 0 spiro atoms. The van der Waals surface area contributed by atoms with Crippen LogP contribution in [0, 0.1) is 5.41 Å². The summed E-state index contributed by atoms with van der Waals surface area (Å²) in [6.45, 7) is 8.15. The molecule has 1 aliphatic heterocycles. The number of carbonyl (C=O) groups is 1. The highest BCUT2D eigenvalue weighted by atomic mass is 32.1. The lowest BCUT2D eigenvalue weighted by Gasteiger charge is -2.38. The molecule has 21 heavy (non-hydrogen) atoms. The molecule has 1 amide bonds. The minimum absolute atomic E-state index is 0.198. The van der Waals surface area contributed by atoms with E-state index in [2.05, 4.69) is 18.7 Å². The number of carbonyl (C=O) groups excluding carboxylic acids is 1. The summed E-state index contributed by atoms with van der Waals surface area (Å²) in [5, 5.41) is 0. The maximum absolute atomic E-state index is 13.0. The summed E-state index contributed by atoms with van der Waals surface area (Å²) < 4.78 is 0. The average molecular weight is 311 g/mol. The summed E-state index contributed by atoms with van der Waals surface area (Å²) in [4.78, 5) is 17.9. The molecule has 4 nitrogen and oxygen atoms in total. The summed E-state index contributed by atoms with van der Waals surface area (Å²) in [5.41, 5.74) is 5.44. The van der Waals surface area contributed by atoms with Crippen LogP contribution in [0.1, 0.15) is 52.4 Å². The molecule has 1 unspecified atom stereocenters. The molecule has 0 aromatic carbocycles. The van der Waals surface area contributed by atoms with Crippen molar-refractivity contribution in [3.05, 3.63) is 0 Å². The highest BCUT2D eigenvalue weighted by Crippen LogP contribution is 2.39. The van der Waals surface area contributed by atoms with Crippen LogP contribution in [0.3, 0.4) is 0 Å². The molecular formula is C16H29N3OS. The summed E-state index contributed by atoms with van der Waals surface area (Å²) in [6.07, 6.45) is 6.08. The van der Waals surface area contributed by atoms with Crippen molar-refractivity contribution in [1.82, 2.24) is 9.80 Å². The lowest BCUT2D eigenvalue weighted by Crippen LogP contribution is -2.51. The number of nitrogens with zero attached hydrogens (tertiary/aromatic N) is 2. The highest BCUT2D eigenvalue weighted by molar-refractivity contribution is 7.80. The molecule has 0 aromatic rings. The molecule has 2 rings (SSSR count). The third kappa shape index (κ3) is 3.24. The van der Waals surface area contributed by atoms with E-state index in [1.54, 1.807) is 0 Å². The fourth-order valence-electron chi connectivity index (χ4n) is 3.99. The molecule has 2 fully saturated rings. The molecule has 1 atom stereocenters. The highest BCUT2D eigenvalue weighted by Gasteiger charge is 2.46. The van der Waals surface area contributed by atoms with Gasteiger partial charge in [0.1, 0.15) is 0 Å². The number of amides is 1. The van der Waals surface area contributed by atoms with Crippen molar-refractivity contribution < 1.29 is 4.79 Å². The Bertz CT molecular complexity index is 389. The molecule has 2 N–H and O–H groups in total. The standard InChI is InChI=1S/C16H29N3OS/c1-3-18(4-2)13-8-11-19(12-13)15(20)16(14(17)21)9-6-5-7-10-16/h13H,3-12H2,1-2H3,(H2,17,21). The topological polar surface area (TPSA) is 49.6 Å². The Labute approximate surface area is 134 Å². The van der Waals surface area contributed by atoms with E-state index in [1.165, 1.54) is 6.42 Å². The number of hydrogen-bond donors (Lipinski definition) is 1. The Kier molecular flexibility index (Phi) is 5.60. The minimum atomic E-state index is -0.550. The first-order chi connectivity index (χ1) is 10.0. The largest absolute Gasteiger partial charge is 0.392 e. The van der Waals surface area contributed by atoms with Crippen LogP contribution in [0.15, 0.2) is 0 Å². The van der Waals surface area contributed by atoms with Crippen molar-refractivity contribution in [3.8, 4) is 0 Å². The van der Waals surface area contributed by atoms with Crippen molar-refractivity contribution in [3.63, 3.8) is 0 Å². The van der Waals surface area contributed by atoms with E-state index < -0.39 is 5.41 Å². The second-order valence-corrected chi connectivity index (χ2v) is 6.86. The van der Waals surface area contributed by atoms with Gasteiger partial charge >= 0.3 is 0 Å². The van der Waals surface area contributed by atoms with E-state index in [1.807, 2.05) is 4.90 Å². The summed E-state index contributed by atoms with van der Waals surface area (Å²) >= 11 is 5.29. The van der Waals surface area contributed by atoms with Crippen molar-refractivity contribution in [1.29, 1.82) is 0 Å². The lowest BCUT2D eigenvalue weighted by molar-refractivity contribution is -0.138. The van der Waals surface area contributed by atoms with Gasteiger partial charge in [0, 0.05) is 19.1 Å². The van der Waals surface area contributed by atoms with Crippen LogP contribution < -0.4 is 5.73 Å². The number of likely N-dealkylation sites (N-methyl/N-ethyl adjacent to an activating group) is 1. The zero-order valence-corrected chi connectivity index (χ0v) is 14.3. The minimum Gasteiger partial charge on any atom is -0.392 e. The lowest BCUT2D eigenvalue weighted by atomic mass is 9.73. The van der Waals surface area contributed by atoms with Crippen LogP contribution in [0.4, 0.5) is 0 Å². The zero-order chi connectivity index (χ0) is 15.5. The second-order valence-electron chi connectivity index (χ2n) is 6.42. The van der Waals surface area contributed by atoms with E-state index in [9.17, 15) is 4.79 Å². The van der Waals surface area contributed by atoms with Crippen LogP contribution in [-0.2, 0) is 4.79 Å². The third-order valence-electron chi connectivity index (χ3n) is 5.37. The van der Waals surface area contributed by atoms with E-state index in [-0.39, 0.29) is 5.91 Å². The van der Waals surface area contributed by atoms with Crippen LogP contribution in [0.25, 0.3) is 0 Å². The van der Waals surface area contributed by atoms with Gasteiger partial charge in [-0.2, -0.15) is 0 Å². The number of likely N-dealkylation sites (tertiary alicyclic amines) is 1. The smallest absolute Gasteiger partial charge is 0.235 e. The van der Waals surface area contributed by atoms with Crippen LogP contribution in [-0.4, -0.2) is 52.9 Å². The maximum atomic E-state index is 13.0. The van der Waals surface area contributed by atoms with Gasteiger partial charge in [-0.15, -0.1) is 0 Å². The molecule has 5 heteroatoms. The Morgan fingerprint density at radius 2 is 1.90 bits per heavy atom. The second kappa shape index (κ2) is 7.05. The van der Waals surface area contributed by atoms with Crippen molar-refractivity contribution in [2.75, 3.05) is 26.2 Å². The molecule has 1 saturated carbocycles. The molecule has 0 aromatic heterocycles. The molecule has 0 bridgehead atoms. The van der Waals surface area contributed by atoms with Crippen molar-refractivity contribution >= 4 is 23.1 Å². The van der Waals surface area contributed by atoms with Gasteiger partial charge in [0.05, 0.1) is 10.4 Å².